The number of carboxylic acids is 1. The number of ether oxygens (including phenoxy) is 1. The van der Waals surface area contributed by atoms with E-state index in [1.807, 2.05) is 0 Å². The molecule has 2 aliphatic heterocycles. The first-order valence-corrected chi connectivity index (χ1v) is 15.4. The molecule has 0 unspecified atom stereocenters. The van der Waals surface area contributed by atoms with Crippen LogP contribution >= 0.6 is 0 Å². The van der Waals surface area contributed by atoms with Crippen LogP contribution in [0.2, 0.25) is 0 Å². The number of benzene rings is 2. The Hall–Kier alpha value is -4.05. The van der Waals surface area contributed by atoms with Gasteiger partial charge in [0.2, 0.25) is 0 Å². The largest absolute Gasteiger partial charge is 0.490 e. The molecule has 2 aliphatic rings. The van der Waals surface area contributed by atoms with Gasteiger partial charge >= 0.3 is 5.97 Å². The van der Waals surface area contributed by atoms with E-state index in [2.05, 4.69) is 0 Å². The molecule has 7 N–H and O–H groups in total. The summed E-state index contributed by atoms with van der Waals surface area (Å²) in [7, 11) is -9.66. The van der Waals surface area contributed by atoms with Crippen molar-refractivity contribution in [2.24, 2.45) is 11.5 Å². The van der Waals surface area contributed by atoms with Crippen LogP contribution in [0.15, 0.2) is 47.4 Å². The van der Waals surface area contributed by atoms with Gasteiger partial charge in [-0.1, -0.05) is 6.07 Å². The highest BCUT2D eigenvalue weighted by Gasteiger charge is 2.38. The van der Waals surface area contributed by atoms with Crippen molar-refractivity contribution in [3.8, 4) is 5.75 Å². The molecule has 2 aromatic carbocycles. The Morgan fingerprint density at radius 3 is 2.15 bits per heavy atom. The van der Waals surface area contributed by atoms with Gasteiger partial charge in [0.25, 0.3) is 20.0 Å². The second-order valence-electron chi connectivity index (χ2n) is 9.52. The maximum atomic E-state index is 13.7. The van der Waals surface area contributed by atoms with E-state index >= 15 is 0 Å². The molecular formula is C24H31N7O7S2. The number of hydrogen-bond acceptors (Lipinski definition) is 8. The van der Waals surface area contributed by atoms with Gasteiger partial charge in [-0.05, 0) is 53.9 Å². The lowest BCUT2D eigenvalue weighted by Gasteiger charge is -2.32. The van der Waals surface area contributed by atoms with E-state index in [1.54, 1.807) is 15.9 Å². The van der Waals surface area contributed by atoms with Gasteiger partial charge in [0, 0.05) is 39.0 Å². The van der Waals surface area contributed by atoms with Gasteiger partial charge in [-0.3, -0.25) is 15.6 Å². The van der Waals surface area contributed by atoms with Crippen LogP contribution < -0.4 is 19.9 Å². The van der Waals surface area contributed by atoms with Gasteiger partial charge in [-0.25, -0.2) is 16.8 Å². The summed E-state index contributed by atoms with van der Waals surface area (Å²) in [4.78, 5) is 14.3. The molecule has 0 amide bonds. The Morgan fingerprint density at radius 1 is 0.950 bits per heavy atom. The number of nitrogens with zero attached hydrogens (tertiary/aromatic N) is 3. The predicted molar refractivity (Wildman–Crippen MR) is 147 cm³/mol. The molecule has 0 bridgehead atoms. The van der Waals surface area contributed by atoms with E-state index in [0.717, 1.165) is 5.56 Å². The fourth-order valence-corrected chi connectivity index (χ4v) is 8.26. The number of sulfonamides is 2. The van der Waals surface area contributed by atoms with Gasteiger partial charge in [0.05, 0.1) is 10.6 Å². The van der Waals surface area contributed by atoms with Crippen molar-refractivity contribution in [3.05, 3.63) is 53.6 Å². The minimum absolute atomic E-state index is 0.00878. The molecule has 16 heteroatoms. The molecular weight excluding hydrogens is 562 g/mol. The minimum atomic E-state index is -4.88. The lowest BCUT2D eigenvalue weighted by Crippen LogP contribution is -2.44. The average Bonchev–Trinajstić information content (AvgIpc) is 2.88. The molecule has 40 heavy (non-hydrogen) atoms. The van der Waals surface area contributed by atoms with E-state index in [9.17, 15) is 26.7 Å². The number of carbonyl (C=O) groups is 1. The number of nitrogens with one attached hydrogen (secondary N) is 2. The van der Waals surface area contributed by atoms with Crippen molar-refractivity contribution >= 4 is 43.6 Å². The van der Waals surface area contributed by atoms with Gasteiger partial charge in [-0.2, -0.15) is 3.71 Å². The van der Waals surface area contributed by atoms with E-state index in [1.165, 1.54) is 36.4 Å². The smallest absolute Gasteiger partial charge is 0.320 e. The van der Waals surface area contributed by atoms with Crippen molar-refractivity contribution in [1.82, 2.24) is 9.80 Å². The standard InChI is InChI=1S/C24H31N7O7S2/c25-23(26)29-11-8-20(9-12-29)38-19-3-5-21(6-4-19)40(36,37)31(39(34,35)15-22(32)33)18-2-1-16-7-10-30(24(27)28)14-17(16)13-18/h1-6,13,20H,7-12,14-15H2,(H3,25,26)(H3,27,28)(H,32,33). The summed E-state index contributed by atoms with van der Waals surface area (Å²) in [5, 5.41) is 24.4. The summed E-state index contributed by atoms with van der Waals surface area (Å²) in [6.07, 6.45) is 1.56. The second-order valence-corrected chi connectivity index (χ2v) is 13.4. The van der Waals surface area contributed by atoms with Crippen molar-refractivity contribution in [2.45, 2.75) is 36.8 Å². The normalized spacial score (nSPS) is 16.2. The number of nitrogens with two attached hydrogens (primary N) is 2. The number of hydrogen-bond donors (Lipinski definition) is 5. The second kappa shape index (κ2) is 11.2. The first kappa shape index (κ1) is 28.9. The maximum Gasteiger partial charge on any atom is 0.320 e. The van der Waals surface area contributed by atoms with E-state index in [4.69, 9.17) is 27.0 Å². The zero-order valence-corrected chi connectivity index (χ0v) is 23.1. The molecule has 0 saturated carbocycles. The molecule has 0 aromatic heterocycles. The number of piperidine rings is 1. The number of anilines is 1. The Labute approximate surface area is 232 Å². The lowest BCUT2D eigenvalue weighted by molar-refractivity contribution is -0.134. The maximum absolute atomic E-state index is 13.7. The summed E-state index contributed by atoms with van der Waals surface area (Å²) < 4.78 is 59.8. The molecule has 4 rings (SSSR count). The van der Waals surface area contributed by atoms with Crippen molar-refractivity contribution in [1.29, 1.82) is 10.8 Å². The SMILES string of the molecule is N=C(N)N1CCC(Oc2ccc(S(=O)(=O)N(c3ccc4c(c3)CN(C(=N)N)CC4)S(=O)(=O)CC(=O)O)cc2)CC1. The summed E-state index contributed by atoms with van der Waals surface area (Å²) >= 11 is 0. The molecule has 14 nitrogen and oxygen atoms in total. The average molecular weight is 594 g/mol. The first-order chi connectivity index (χ1) is 18.8. The highest BCUT2D eigenvalue weighted by atomic mass is 32.3. The molecule has 2 heterocycles. The number of rotatable bonds is 8. The monoisotopic (exact) mass is 593 g/mol. The Morgan fingerprint density at radius 2 is 1.57 bits per heavy atom. The van der Waals surface area contributed by atoms with Crippen LogP contribution in [0.25, 0.3) is 0 Å². The summed E-state index contributed by atoms with van der Waals surface area (Å²) in [5.74, 6) is -2.96. The van der Waals surface area contributed by atoms with E-state index in [0.29, 0.717) is 50.2 Å². The van der Waals surface area contributed by atoms with E-state index < -0.39 is 31.8 Å². The van der Waals surface area contributed by atoms with Crippen LogP contribution in [0.5, 0.6) is 5.75 Å². The number of likely N-dealkylation sites (tertiary alicyclic amines) is 1. The van der Waals surface area contributed by atoms with Crippen molar-refractivity contribution in [3.63, 3.8) is 0 Å². The highest BCUT2D eigenvalue weighted by Crippen LogP contribution is 2.32. The van der Waals surface area contributed by atoms with Crippen LogP contribution in [0.3, 0.4) is 0 Å². The molecule has 216 valence electrons. The summed E-state index contributed by atoms with van der Waals surface area (Å²) in [6, 6.07) is 9.50. The first-order valence-electron chi connectivity index (χ1n) is 12.3. The zero-order chi connectivity index (χ0) is 29.2. The molecule has 0 atom stereocenters. The van der Waals surface area contributed by atoms with Crippen LogP contribution in [-0.2, 0) is 37.8 Å². The van der Waals surface area contributed by atoms with Crippen LogP contribution in [0.4, 0.5) is 5.69 Å². The number of aliphatic carboxylic acids is 1. The zero-order valence-electron chi connectivity index (χ0n) is 21.5. The highest BCUT2D eigenvalue weighted by molar-refractivity contribution is 8.10. The number of guanidine groups is 2. The fraction of sp³-hybridized carbons (Fsp3) is 0.375. The van der Waals surface area contributed by atoms with Crippen LogP contribution in [-0.4, -0.2) is 81.1 Å². The molecule has 1 fully saturated rings. The Bertz CT molecular complexity index is 1520. The topological polar surface area (TPSA) is 224 Å². The minimum Gasteiger partial charge on any atom is -0.490 e. The van der Waals surface area contributed by atoms with Gasteiger partial charge in [-0.15, -0.1) is 0 Å². The molecule has 1 saturated heterocycles. The Kier molecular flexibility index (Phi) is 8.11. The molecule has 0 spiro atoms. The lowest BCUT2D eigenvalue weighted by atomic mass is 9.99. The van der Waals surface area contributed by atoms with Crippen LogP contribution in [0.1, 0.15) is 24.0 Å². The third kappa shape index (κ3) is 6.22. The molecule has 0 radical (unpaired) electrons. The van der Waals surface area contributed by atoms with E-state index in [-0.39, 0.29) is 38.9 Å². The van der Waals surface area contributed by atoms with Gasteiger partial charge in [0.1, 0.15) is 11.9 Å². The summed E-state index contributed by atoms with van der Waals surface area (Å²) in [5.41, 5.74) is 12.3. The number of carboxylic acid groups (broad SMARTS) is 1. The molecule has 2 aromatic rings. The van der Waals surface area contributed by atoms with Gasteiger partial charge in [0.15, 0.2) is 17.7 Å². The third-order valence-electron chi connectivity index (χ3n) is 6.74. The fourth-order valence-electron chi connectivity index (χ4n) is 4.72. The summed E-state index contributed by atoms with van der Waals surface area (Å²) in [6.45, 7) is 1.75. The Balaban J connectivity index is 1.63. The van der Waals surface area contributed by atoms with Gasteiger partial charge < -0.3 is 31.1 Å². The quantitative estimate of drug-likeness (QED) is 0.206. The third-order valence-corrected chi connectivity index (χ3v) is 10.9. The van der Waals surface area contributed by atoms with Crippen molar-refractivity contribution < 1.29 is 31.5 Å². The molecule has 0 aliphatic carbocycles. The van der Waals surface area contributed by atoms with Crippen LogP contribution in [0, 0.1) is 10.8 Å². The number of fused-ring (bicyclic) bond motifs is 1. The predicted octanol–water partition coefficient (Wildman–Crippen LogP) is 0.285. The van der Waals surface area contributed by atoms with Crippen molar-refractivity contribution in [2.75, 3.05) is 29.1 Å².